The second-order valence-electron chi connectivity index (χ2n) is 7.18. The fourth-order valence-electron chi connectivity index (χ4n) is 3.53. The van der Waals surface area contributed by atoms with Crippen molar-refractivity contribution in [3.05, 3.63) is 101 Å². The number of nitrogens with zero attached hydrogens (tertiary/aromatic N) is 2. The molecule has 0 aliphatic heterocycles. The molecule has 0 saturated heterocycles. The molecule has 4 N–H and O–H groups in total. The van der Waals surface area contributed by atoms with E-state index in [1.54, 1.807) is 0 Å². The van der Waals surface area contributed by atoms with Gasteiger partial charge in [0.2, 0.25) is 5.95 Å². The van der Waals surface area contributed by atoms with E-state index in [4.69, 9.17) is 27.8 Å². The van der Waals surface area contributed by atoms with Gasteiger partial charge in [-0.05, 0) is 47.7 Å². The number of para-hydroxylation sites is 1. The second-order valence-corrected chi connectivity index (χ2v) is 7.62. The fraction of sp³-hybridized carbons (Fsp3) is 0.120. The molecule has 156 valence electrons. The Morgan fingerprint density at radius 1 is 0.806 bits per heavy atom. The Bertz CT molecular complexity index is 1180. The number of ether oxygens (including phenoxy) is 1. The Morgan fingerprint density at radius 3 is 2.39 bits per heavy atom. The molecular weight excluding hydrogens is 408 g/mol. The molecule has 0 aliphatic carbocycles. The summed E-state index contributed by atoms with van der Waals surface area (Å²) in [6, 6.07) is 25.6. The molecule has 31 heavy (non-hydrogen) atoms. The Morgan fingerprint density at radius 2 is 1.58 bits per heavy atom. The molecule has 0 spiro atoms. The fourth-order valence-corrected chi connectivity index (χ4v) is 3.72. The predicted molar refractivity (Wildman–Crippen MR) is 126 cm³/mol. The zero-order valence-corrected chi connectivity index (χ0v) is 17.7. The molecule has 4 aromatic rings. The van der Waals surface area contributed by atoms with Gasteiger partial charge in [-0.25, -0.2) is 4.98 Å². The summed E-state index contributed by atoms with van der Waals surface area (Å²) < 4.78 is 6.09. The van der Waals surface area contributed by atoms with Gasteiger partial charge in [0.1, 0.15) is 18.2 Å². The number of halogens is 1. The monoisotopic (exact) mass is 430 g/mol. The van der Waals surface area contributed by atoms with E-state index in [1.165, 1.54) is 0 Å². The van der Waals surface area contributed by atoms with Crippen LogP contribution >= 0.6 is 11.6 Å². The highest BCUT2D eigenvalue weighted by Crippen LogP contribution is 2.31. The summed E-state index contributed by atoms with van der Waals surface area (Å²) in [5, 5.41) is 0.624. The van der Waals surface area contributed by atoms with Crippen LogP contribution in [0.25, 0.3) is 11.1 Å². The molecule has 0 bridgehead atoms. The summed E-state index contributed by atoms with van der Waals surface area (Å²) in [7, 11) is 0. The summed E-state index contributed by atoms with van der Waals surface area (Å²) in [5.41, 5.74) is 16.7. The number of nitrogen functional groups attached to an aromatic ring is 2. The van der Waals surface area contributed by atoms with Gasteiger partial charge in [0.15, 0.2) is 0 Å². The standard InChI is InChI=1S/C25H23ClN4O/c26-20-11-6-10-19(15-20)23-21(29-25(28)30-24(23)27)14-13-18-9-4-5-12-22(18)31-16-17-7-2-1-3-8-17/h1-12,15H,13-14,16H2,(H4,27,28,29,30). The Kier molecular flexibility index (Phi) is 6.34. The zero-order valence-electron chi connectivity index (χ0n) is 17.0. The first kappa shape index (κ1) is 20.7. The van der Waals surface area contributed by atoms with E-state index in [0.29, 0.717) is 30.3 Å². The SMILES string of the molecule is Nc1nc(N)c(-c2cccc(Cl)c2)c(CCc2ccccc2OCc2ccccc2)n1. The van der Waals surface area contributed by atoms with Crippen molar-refractivity contribution in [2.45, 2.75) is 19.4 Å². The topological polar surface area (TPSA) is 87.0 Å². The van der Waals surface area contributed by atoms with Gasteiger partial charge in [-0.1, -0.05) is 72.3 Å². The third-order valence-corrected chi connectivity index (χ3v) is 5.22. The number of aromatic nitrogens is 2. The normalized spacial score (nSPS) is 10.7. The van der Waals surface area contributed by atoms with Gasteiger partial charge in [-0.15, -0.1) is 0 Å². The van der Waals surface area contributed by atoms with E-state index in [1.807, 2.05) is 72.8 Å². The summed E-state index contributed by atoms with van der Waals surface area (Å²) in [5.74, 6) is 1.36. The molecule has 0 aliphatic rings. The van der Waals surface area contributed by atoms with Crippen molar-refractivity contribution in [2.24, 2.45) is 0 Å². The van der Waals surface area contributed by atoms with Gasteiger partial charge >= 0.3 is 0 Å². The highest BCUT2D eigenvalue weighted by atomic mass is 35.5. The first-order valence-electron chi connectivity index (χ1n) is 10.0. The summed E-state index contributed by atoms with van der Waals surface area (Å²) >= 11 is 6.19. The van der Waals surface area contributed by atoms with E-state index < -0.39 is 0 Å². The van der Waals surface area contributed by atoms with Crippen molar-refractivity contribution in [2.75, 3.05) is 11.5 Å². The highest BCUT2D eigenvalue weighted by molar-refractivity contribution is 6.30. The lowest BCUT2D eigenvalue weighted by atomic mass is 9.99. The van der Waals surface area contributed by atoms with Crippen molar-refractivity contribution >= 4 is 23.4 Å². The van der Waals surface area contributed by atoms with Gasteiger partial charge in [0.05, 0.1) is 5.69 Å². The number of aryl methyl sites for hydroxylation is 2. The van der Waals surface area contributed by atoms with Crippen LogP contribution in [0.5, 0.6) is 5.75 Å². The molecular formula is C25H23ClN4O. The number of benzene rings is 3. The lowest BCUT2D eigenvalue weighted by molar-refractivity contribution is 0.303. The zero-order chi connectivity index (χ0) is 21.6. The first-order chi connectivity index (χ1) is 15.1. The molecule has 0 amide bonds. The molecule has 0 saturated carbocycles. The quantitative estimate of drug-likeness (QED) is 0.414. The van der Waals surface area contributed by atoms with E-state index in [9.17, 15) is 0 Å². The van der Waals surface area contributed by atoms with Crippen molar-refractivity contribution in [3.63, 3.8) is 0 Å². The van der Waals surface area contributed by atoms with Crippen molar-refractivity contribution in [3.8, 4) is 16.9 Å². The van der Waals surface area contributed by atoms with Crippen LogP contribution in [0.4, 0.5) is 11.8 Å². The van der Waals surface area contributed by atoms with Crippen molar-refractivity contribution < 1.29 is 4.74 Å². The van der Waals surface area contributed by atoms with Crippen molar-refractivity contribution in [1.29, 1.82) is 0 Å². The summed E-state index contributed by atoms with van der Waals surface area (Å²) in [6.45, 7) is 0.513. The van der Waals surface area contributed by atoms with Crippen LogP contribution in [-0.4, -0.2) is 9.97 Å². The third-order valence-electron chi connectivity index (χ3n) is 4.98. The van der Waals surface area contributed by atoms with Crippen LogP contribution in [0.15, 0.2) is 78.9 Å². The maximum absolute atomic E-state index is 6.22. The molecule has 3 aromatic carbocycles. The largest absolute Gasteiger partial charge is 0.489 e. The average Bonchev–Trinajstić information content (AvgIpc) is 2.77. The molecule has 4 rings (SSSR count). The second kappa shape index (κ2) is 9.49. The maximum Gasteiger partial charge on any atom is 0.222 e. The third kappa shape index (κ3) is 5.13. The Balaban J connectivity index is 1.57. The summed E-state index contributed by atoms with van der Waals surface area (Å²) in [6.07, 6.45) is 1.35. The van der Waals surface area contributed by atoms with Crippen LogP contribution in [0.3, 0.4) is 0 Å². The Labute approximate surface area is 186 Å². The van der Waals surface area contributed by atoms with Gasteiger partial charge in [0.25, 0.3) is 0 Å². The van der Waals surface area contributed by atoms with Crippen LogP contribution in [0, 0.1) is 0 Å². The average molecular weight is 431 g/mol. The van der Waals surface area contributed by atoms with Crippen LogP contribution < -0.4 is 16.2 Å². The van der Waals surface area contributed by atoms with E-state index >= 15 is 0 Å². The van der Waals surface area contributed by atoms with Gasteiger partial charge < -0.3 is 16.2 Å². The minimum absolute atomic E-state index is 0.159. The maximum atomic E-state index is 6.22. The molecule has 6 heteroatoms. The molecule has 1 heterocycles. The number of hydrogen-bond acceptors (Lipinski definition) is 5. The van der Waals surface area contributed by atoms with Crippen molar-refractivity contribution in [1.82, 2.24) is 9.97 Å². The minimum Gasteiger partial charge on any atom is -0.489 e. The predicted octanol–water partition coefficient (Wildman–Crippen LogP) is 5.33. The number of nitrogens with two attached hydrogens (primary N) is 2. The lowest BCUT2D eigenvalue weighted by Crippen LogP contribution is -2.08. The number of rotatable bonds is 7. The molecule has 0 radical (unpaired) electrons. The molecule has 5 nitrogen and oxygen atoms in total. The van der Waals surface area contributed by atoms with E-state index in [0.717, 1.165) is 33.7 Å². The lowest BCUT2D eigenvalue weighted by Gasteiger charge is -2.14. The van der Waals surface area contributed by atoms with Gasteiger partial charge in [0, 0.05) is 10.6 Å². The smallest absolute Gasteiger partial charge is 0.222 e. The van der Waals surface area contributed by atoms with E-state index in [-0.39, 0.29) is 5.95 Å². The minimum atomic E-state index is 0.159. The van der Waals surface area contributed by atoms with Gasteiger partial charge in [-0.2, -0.15) is 4.98 Å². The first-order valence-corrected chi connectivity index (χ1v) is 10.4. The number of anilines is 2. The molecule has 1 aromatic heterocycles. The van der Waals surface area contributed by atoms with Crippen LogP contribution in [0.1, 0.15) is 16.8 Å². The highest BCUT2D eigenvalue weighted by Gasteiger charge is 2.15. The van der Waals surface area contributed by atoms with Gasteiger partial charge in [-0.3, -0.25) is 0 Å². The van der Waals surface area contributed by atoms with Crippen LogP contribution in [0.2, 0.25) is 5.02 Å². The number of hydrogen-bond donors (Lipinski definition) is 2. The summed E-state index contributed by atoms with van der Waals surface area (Å²) in [4.78, 5) is 8.63. The van der Waals surface area contributed by atoms with Crippen LogP contribution in [-0.2, 0) is 19.4 Å². The molecule has 0 unspecified atom stereocenters. The molecule has 0 fully saturated rings. The Hall–Kier alpha value is -3.57. The van der Waals surface area contributed by atoms with E-state index in [2.05, 4.69) is 16.0 Å². The molecule has 0 atom stereocenters.